The quantitative estimate of drug-likeness (QED) is 0.898. The monoisotopic (exact) mass is 256 g/mol. The van der Waals surface area contributed by atoms with Gasteiger partial charge in [0.2, 0.25) is 5.76 Å². The molecule has 0 amide bonds. The first-order chi connectivity index (χ1) is 6.72. The lowest BCUT2D eigenvalue weighted by atomic mass is 10.3. The summed E-state index contributed by atoms with van der Waals surface area (Å²) in [5.41, 5.74) is 5.52. The fourth-order valence-corrected chi connectivity index (χ4v) is 1.47. The van der Waals surface area contributed by atoms with Gasteiger partial charge in [-0.3, -0.25) is 0 Å². The van der Waals surface area contributed by atoms with Crippen molar-refractivity contribution in [2.45, 2.75) is 13.3 Å². The van der Waals surface area contributed by atoms with Crippen LogP contribution >= 0.6 is 15.9 Å². The number of hydrogen-bond acceptors (Lipinski definition) is 4. The number of nitrogens with two attached hydrogens (primary N) is 1. The summed E-state index contributed by atoms with van der Waals surface area (Å²) >= 11 is 3.28. The van der Waals surface area contributed by atoms with Gasteiger partial charge in [-0.2, -0.15) is 0 Å². The van der Waals surface area contributed by atoms with E-state index in [2.05, 4.69) is 21.1 Å². The first-order valence-electron chi connectivity index (χ1n) is 4.22. The van der Waals surface area contributed by atoms with Crippen LogP contribution in [0, 0.1) is 0 Å². The normalized spacial score (nSPS) is 10.7. The van der Waals surface area contributed by atoms with Crippen molar-refractivity contribution in [3.05, 3.63) is 22.4 Å². The van der Waals surface area contributed by atoms with Gasteiger partial charge in [0.25, 0.3) is 0 Å². The van der Waals surface area contributed by atoms with Crippen LogP contribution in [0.4, 0.5) is 5.82 Å². The second kappa shape index (κ2) is 3.49. The summed E-state index contributed by atoms with van der Waals surface area (Å²) in [6.07, 6.45) is 0.848. The van der Waals surface area contributed by atoms with E-state index in [0.29, 0.717) is 21.8 Å². The van der Waals surface area contributed by atoms with Crippen molar-refractivity contribution >= 4 is 21.7 Å². The van der Waals surface area contributed by atoms with Crippen molar-refractivity contribution in [1.29, 1.82) is 0 Å². The molecule has 74 valence electrons. The minimum atomic E-state index is 0.328. The molecule has 2 rings (SSSR count). The number of halogens is 1. The molecular formula is C9H9BrN2O2. The SMILES string of the molecule is CCc1ccc(-c2onc(N)c2Br)o1. The van der Waals surface area contributed by atoms with Crippen molar-refractivity contribution in [1.82, 2.24) is 5.16 Å². The molecule has 2 aromatic heterocycles. The summed E-state index contributed by atoms with van der Waals surface area (Å²) < 4.78 is 11.2. The molecule has 2 aromatic rings. The molecule has 0 atom stereocenters. The molecule has 14 heavy (non-hydrogen) atoms. The lowest BCUT2D eigenvalue weighted by molar-refractivity contribution is 0.416. The first-order valence-corrected chi connectivity index (χ1v) is 5.01. The van der Waals surface area contributed by atoms with E-state index in [1.807, 2.05) is 19.1 Å². The molecule has 0 aromatic carbocycles. The average molecular weight is 257 g/mol. The smallest absolute Gasteiger partial charge is 0.218 e. The number of nitrogens with zero attached hydrogens (tertiary/aromatic N) is 1. The Hall–Kier alpha value is -1.23. The van der Waals surface area contributed by atoms with Crippen molar-refractivity contribution in [2.75, 3.05) is 5.73 Å². The molecule has 0 saturated carbocycles. The van der Waals surface area contributed by atoms with Crippen molar-refractivity contribution in [3.63, 3.8) is 0 Å². The molecule has 2 N–H and O–H groups in total. The molecule has 0 bridgehead atoms. The van der Waals surface area contributed by atoms with E-state index < -0.39 is 0 Å². The van der Waals surface area contributed by atoms with Gasteiger partial charge in [0.05, 0.1) is 0 Å². The fourth-order valence-electron chi connectivity index (χ4n) is 1.13. The minimum Gasteiger partial charge on any atom is -0.458 e. The maximum atomic E-state index is 5.52. The summed E-state index contributed by atoms with van der Waals surface area (Å²) in [6, 6.07) is 3.74. The van der Waals surface area contributed by atoms with Crippen molar-refractivity contribution in [3.8, 4) is 11.5 Å². The molecule has 0 radical (unpaired) electrons. The van der Waals surface area contributed by atoms with Gasteiger partial charge in [-0.1, -0.05) is 12.1 Å². The van der Waals surface area contributed by atoms with E-state index in [1.54, 1.807) is 0 Å². The summed E-state index contributed by atoms with van der Waals surface area (Å²) in [7, 11) is 0. The van der Waals surface area contributed by atoms with Gasteiger partial charge in [-0.05, 0) is 28.1 Å². The zero-order valence-corrected chi connectivity index (χ0v) is 9.17. The van der Waals surface area contributed by atoms with Crippen molar-refractivity contribution < 1.29 is 8.94 Å². The second-order valence-corrected chi connectivity index (χ2v) is 3.62. The third kappa shape index (κ3) is 1.43. The highest BCUT2D eigenvalue weighted by Gasteiger charge is 2.16. The maximum Gasteiger partial charge on any atom is 0.218 e. The van der Waals surface area contributed by atoms with Gasteiger partial charge >= 0.3 is 0 Å². The molecule has 4 nitrogen and oxygen atoms in total. The standard InChI is InChI=1S/C9H9BrN2O2/c1-2-5-3-4-6(13-5)8-7(10)9(11)12-14-8/h3-4H,2H2,1H3,(H2,11,12). The highest BCUT2D eigenvalue weighted by Crippen LogP contribution is 2.33. The predicted molar refractivity (Wildman–Crippen MR) is 55.7 cm³/mol. The topological polar surface area (TPSA) is 65.2 Å². The number of hydrogen-bond donors (Lipinski definition) is 1. The van der Waals surface area contributed by atoms with Gasteiger partial charge in [0, 0.05) is 6.42 Å². The first kappa shape index (κ1) is 9.33. The van der Waals surface area contributed by atoms with E-state index in [9.17, 15) is 0 Å². The molecule has 0 unspecified atom stereocenters. The Kier molecular flexibility index (Phi) is 2.33. The van der Waals surface area contributed by atoms with Gasteiger partial charge in [0.15, 0.2) is 11.6 Å². The van der Waals surface area contributed by atoms with E-state index in [1.165, 1.54) is 0 Å². The maximum absolute atomic E-state index is 5.52. The van der Waals surface area contributed by atoms with Crippen LogP contribution in [-0.2, 0) is 6.42 Å². The van der Waals surface area contributed by atoms with Gasteiger partial charge in [-0.15, -0.1) is 0 Å². The molecule has 0 aliphatic heterocycles. The molecule has 0 aliphatic rings. The number of rotatable bonds is 2. The van der Waals surface area contributed by atoms with Crippen LogP contribution in [0.3, 0.4) is 0 Å². The number of nitrogen functional groups attached to an aromatic ring is 1. The van der Waals surface area contributed by atoms with E-state index in [4.69, 9.17) is 14.7 Å². The zero-order valence-electron chi connectivity index (χ0n) is 7.58. The average Bonchev–Trinajstić information content (AvgIpc) is 2.75. The van der Waals surface area contributed by atoms with Crippen LogP contribution in [-0.4, -0.2) is 5.16 Å². The highest BCUT2D eigenvalue weighted by molar-refractivity contribution is 9.10. The zero-order chi connectivity index (χ0) is 10.1. The number of anilines is 1. The Balaban J connectivity index is 2.44. The molecule has 0 spiro atoms. The Labute approximate surface area is 89.2 Å². The summed E-state index contributed by atoms with van der Waals surface area (Å²) in [4.78, 5) is 0. The van der Waals surface area contributed by atoms with Crippen molar-refractivity contribution in [2.24, 2.45) is 0 Å². The van der Waals surface area contributed by atoms with E-state index in [-0.39, 0.29) is 0 Å². The Morgan fingerprint density at radius 2 is 2.29 bits per heavy atom. The number of furan rings is 1. The van der Waals surface area contributed by atoms with E-state index in [0.717, 1.165) is 12.2 Å². The molecule has 2 heterocycles. The fraction of sp³-hybridized carbons (Fsp3) is 0.222. The highest BCUT2D eigenvalue weighted by atomic mass is 79.9. The summed E-state index contributed by atoms with van der Waals surface area (Å²) in [5.74, 6) is 2.40. The minimum absolute atomic E-state index is 0.328. The predicted octanol–water partition coefficient (Wildman–Crippen LogP) is 2.84. The lowest BCUT2D eigenvalue weighted by Crippen LogP contribution is -1.82. The van der Waals surface area contributed by atoms with Crippen LogP contribution in [0.25, 0.3) is 11.5 Å². The second-order valence-electron chi connectivity index (χ2n) is 2.83. The van der Waals surface area contributed by atoms with Gasteiger partial charge in [-0.25, -0.2) is 0 Å². The molecule has 5 heteroatoms. The van der Waals surface area contributed by atoms with Crippen LogP contribution in [0.5, 0.6) is 0 Å². The summed E-state index contributed by atoms with van der Waals surface area (Å²) in [5, 5.41) is 3.62. The van der Waals surface area contributed by atoms with E-state index >= 15 is 0 Å². The molecule has 0 fully saturated rings. The van der Waals surface area contributed by atoms with Gasteiger partial charge in [0.1, 0.15) is 10.2 Å². The Morgan fingerprint density at radius 1 is 1.50 bits per heavy atom. The van der Waals surface area contributed by atoms with Gasteiger partial charge < -0.3 is 14.7 Å². The third-order valence-corrected chi connectivity index (χ3v) is 2.66. The molecule has 0 saturated heterocycles. The summed E-state index contributed by atoms with van der Waals surface area (Å²) in [6.45, 7) is 2.02. The largest absolute Gasteiger partial charge is 0.458 e. The lowest BCUT2D eigenvalue weighted by Gasteiger charge is -1.90. The van der Waals surface area contributed by atoms with Crippen LogP contribution in [0.2, 0.25) is 0 Å². The molecule has 0 aliphatic carbocycles. The third-order valence-electron chi connectivity index (χ3n) is 1.89. The van der Waals surface area contributed by atoms with Crippen LogP contribution in [0.1, 0.15) is 12.7 Å². The molecular weight excluding hydrogens is 248 g/mol. The van der Waals surface area contributed by atoms with Crippen LogP contribution in [0.15, 0.2) is 25.5 Å². The number of aromatic nitrogens is 1. The number of aryl methyl sites for hydroxylation is 1. The van der Waals surface area contributed by atoms with Crippen LogP contribution < -0.4 is 5.73 Å². The Bertz CT molecular complexity index is 447. The Morgan fingerprint density at radius 3 is 2.79 bits per heavy atom.